The Bertz CT molecular complexity index is 573. The summed E-state index contributed by atoms with van der Waals surface area (Å²) in [6.45, 7) is 3.91. The van der Waals surface area contributed by atoms with Crippen LogP contribution >= 0.6 is 0 Å². The van der Waals surface area contributed by atoms with Crippen molar-refractivity contribution in [2.24, 2.45) is 11.8 Å². The first-order valence-electron chi connectivity index (χ1n) is 9.98. The van der Waals surface area contributed by atoms with Gasteiger partial charge in [-0.2, -0.15) is 0 Å². The Morgan fingerprint density at radius 1 is 1.16 bits per heavy atom. The van der Waals surface area contributed by atoms with Crippen molar-refractivity contribution in [2.75, 3.05) is 26.2 Å². The molecule has 0 unspecified atom stereocenters. The first-order chi connectivity index (χ1) is 12.3. The Hall–Kier alpha value is -1.39. The molecule has 2 heterocycles. The fourth-order valence-electron chi connectivity index (χ4n) is 4.51. The number of rotatable bonds is 5. The topological polar surface area (TPSA) is 41.6 Å². The molecule has 1 aromatic carbocycles. The molecule has 2 aliphatic heterocycles. The van der Waals surface area contributed by atoms with Crippen LogP contribution in [0.4, 0.5) is 0 Å². The fraction of sp³-hybridized carbons (Fsp3) is 0.667. The molecule has 0 radical (unpaired) electrons. The Morgan fingerprint density at radius 2 is 2.00 bits per heavy atom. The minimum atomic E-state index is 0.138. The number of carbonyl (C=O) groups is 1. The summed E-state index contributed by atoms with van der Waals surface area (Å²) in [5.74, 6) is 0.783. The lowest BCUT2D eigenvalue weighted by Crippen LogP contribution is -2.55. The average molecular weight is 342 g/mol. The van der Waals surface area contributed by atoms with Crippen molar-refractivity contribution in [3.63, 3.8) is 0 Å². The van der Waals surface area contributed by atoms with Crippen molar-refractivity contribution >= 4 is 5.91 Å². The summed E-state index contributed by atoms with van der Waals surface area (Å²) in [5.41, 5.74) is 1.39. The van der Waals surface area contributed by atoms with Crippen molar-refractivity contribution in [2.45, 2.75) is 50.7 Å². The van der Waals surface area contributed by atoms with Gasteiger partial charge in [0.05, 0.1) is 6.10 Å². The molecule has 3 aliphatic rings. The van der Waals surface area contributed by atoms with E-state index in [1.807, 2.05) is 0 Å². The third-order valence-electron chi connectivity index (χ3n) is 6.30. The lowest BCUT2D eigenvalue weighted by atomic mass is 9.78. The second-order valence-electron chi connectivity index (χ2n) is 7.93. The van der Waals surface area contributed by atoms with Crippen LogP contribution < -0.4 is 5.32 Å². The van der Waals surface area contributed by atoms with Gasteiger partial charge in [-0.05, 0) is 44.1 Å². The van der Waals surface area contributed by atoms with Crippen LogP contribution in [0, 0.1) is 11.8 Å². The Labute approximate surface area is 150 Å². The molecule has 1 amide bonds. The zero-order valence-electron chi connectivity index (χ0n) is 15.0. The molecule has 1 N–H and O–H groups in total. The van der Waals surface area contributed by atoms with Crippen molar-refractivity contribution in [1.82, 2.24) is 10.2 Å². The molecule has 0 aromatic heterocycles. The zero-order chi connectivity index (χ0) is 17.1. The van der Waals surface area contributed by atoms with E-state index < -0.39 is 0 Å². The van der Waals surface area contributed by atoms with Crippen molar-refractivity contribution < 1.29 is 9.53 Å². The maximum atomic E-state index is 12.8. The van der Waals surface area contributed by atoms with E-state index in [9.17, 15) is 4.79 Å². The first-order valence-corrected chi connectivity index (χ1v) is 9.98. The molecule has 4 rings (SSSR count). The summed E-state index contributed by atoms with van der Waals surface area (Å²) in [6.07, 6.45) is 6.88. The predicted octanol–water partition coefficient (Wildman–Crippen LogP) is 2.62. The third-order valence-corrected chi connectivity index (χ3v) is 6.30. The molecule has 2 saturated heterocycles. The zero-order valence-corrected chi connectivity index (χ0v) is 15.0. The molecular weight excluding hydrogens is 312 g/mol. The molecule has 4 nitrogen and oxygen atoms in total. The highest BCUT2D eigenvalue weighted by Gasteiger charge is 2.42. The summed E-state index contributed by atoms with van der Waals surface area (Å²) < 4.78 is 6.01. The van der Waals surface area contributed by atoms with Crippen molar-refractivity contribution in [3.05, 3.63) is 35.9 Å². The standard InChI is InChI=1S/C21H30N2O2/c24-21(22-17-7-4-8-17)18-11-14-25-20-10-13-23(15-19(18)20)12-9-16-5-2-1-3-6-16/h1-3,5-6,17-20H,4,7-15H2,(H,22,24)/t18-,19+,20-/m1/s1. The van der Waals surface area contributed by atoms with Gasteiger partial charge in [0.1, 0.15) is 0 Å². The van der Waals surface area contributed by atoms with E-state index >= 15 is 0 Å². The summed E-state index contributed by atoms with van der Waals surface area (Å²) in [6, 6.07) is 11.1. The number of nitrogens with zero attached hydrogens (tertiary/aromatic N) is 1. The van der Waals surface area contributed by atoms with E-state index in [4.69, 9.17) is 4.74 Å². The maximum absolute atomic E-state index is 12.8. The molecular formula is C21H30N2O2. The van der Waals surface area contributed by atoms with Crippen LogP contribution in [0.15, 0.2) is 30.3 Å². The number of likely N-dealkylation sites (tertiary alicyclic amines) is 1. The Kier molecular flexibility index (Phi) is 5.37. The molecule has 25 heavy (non-hydrogen) atoms. The lowest BCUT2D eigenvalue weighted by molar-refractivity contribution is -0.142. The van der Waals surface area contributed by atoms with Crippen LogP contribution in [-0.4, -0.2) is 49.2 Å². The number of hydrogen-bond donors (Lipinski definition) is 1. The van der Waals surface area contributed by atoms with Crippen LogP contribution in [0.25, 0.3) is 0 Å². The monoisotopic (exact) mass is 342 g/mol. The molecule has 1 saturated carbocycles. The molecule has 1 aliphatic carbocycles. The number of benzene rings is 1. The predicted molar refractivity (Wildman–Crippen MR) is 98.3 cm³/mol. The second-order valence-corrected chi connectivity index (χ2v) is 7.93. The van der Waals surface area contributed by atoms with E-state index in [0.717, 1.165) is 58.3 Å². The molecule has 0 bridgehead atoms. The van der Waals surface area contributed by atoms with Gasteiger partial charge in [-0.25, -0.2) is 0 Å². The number of hydrogen-bond acceptors (Lipinski definition) is 3. The van der Waals surface area contributed by atoms with Crippen molar-refractivity contribution in [1.29, 1.82) is 0 Å². The SMILES string of the molecule is O=C(NC1CCC1)[C@@H]1CCO[C@@H]2CCN(CCc3ccccc3)C[C@H]21. The second kappa shape index (κ2) is 7.88. The van der Waals surface area contributed by atoms with Gasteiger partial charge >= 0.3 is 0 Å². The normalized spacial score (nSPS) is 30.3. The minimum absolute atomic E-state index is 0.138. The van der Waals surface area contributed by atoms with E-state index in [0.29, 0.717) is 12.0 Å². The Balaban J connectivity index is 1.34. The van der Waals surface area contributed by atoms with Crippen LogP contribution in [0.5, 0.6) is 0 Å². The van der Waals surface area contributed by atoms with Crippen LogP contribution in [-0.2, 0) is 16.0 Å². The van der Waals surface area contributed by atoms with Crippen LogP contribution in [0.3, 0.4) is 0 Å². The summed E-state index contributed by atoms with van der Waals surface area (Å²) >= 11 is 0. The highest BCUT2D eigenvalue weighted by atomic mass is 16.5. The molecule has 1 aromatic rings. The van der Waals surface area contributed by atoms with Gasteiger partial charge in [0, 0.05) is 44.1 Å². The van der Waals surface area contributed by atoms with Gasteiger partial charge in [-0.1, -0.05) is 30.3 Å². The van der Waals surface area contributed by atoms with Gasteiger partial charge in [0.2, 0.25) is 5.91 Å². The fourth-order valence-corrected chi connectivity index (χ4v) is 4.51. The smallest absolute Gasteiger partial charge is 0.223 e. The summed E-state index contributed by atoms with van der Waals surface area (Å²) in [7, 11) is 0. The quantitative estimate of drug-likeness (QED) is 0.894. The number of amides is 1. The van der Waals surface area contributed by atoms with E-state index in [2.05, 4.69) is 40.5 Å². The lowest BCUT2D eigenvalue weighted by Gasteiger charge is -2.45. The number of fused-ring (bicyclic) bond motifs is 1. The van der Waals surface area contributed by atoms with Gasteiger partial charge in [-0.3, -0.25) is 4.79 Å². The highest BCUT2D eigenvalue weighted by Crippen LogP contribution is 2.34. The van der Waals surface area contributed by atoms with Crippen molar-refractivity contribution in [3.8, 4) is 0 Å². The molecule has 3 atom stereocenters. The molecule has 136 valence electrons. The Morgan fingerprint density at radius 3 is 2.76 bits per heavy atom. The molecule has 4 heteroatoms. The average Bonchev–Trinajstić information content (AvgIpc) is 2.63. The van der Waals surface area contributed by atoms with Gasteiger partial charge in [-0.15, -0.1) is 0 Å². The van der Waals surface area contributed by atoms with E-state index in [-0.39, 0.29) is 17.9 Å². The van der Waals surface area contributed by atoms with E-state index in [1.54, 1.807) is 0 Å². The summed E-state index contributed by atoms with van der Waals surface area (Å²) in [5, 5.41) is 3.28. The highest BCUT2D eigenvalue weighted by molar-refractivity contribution is 5.79. The number of carbonyl (C=O) groups excluding carboxylic acids is 1. The van der Waals surface area contributed by atoms with E-state index in [1.165, 1.54) is 12.0 Å². The van der Waals surface area contributed by atoms with Crippen LogP contribution in [0.1, 0.15) is 37.7 Å². The van der Waals surface area contributed by atoms with Gasteiger partial charge < -0.3 is 15.0 Å². The molecule has 0 spiro atoms. The van der Waals surface area contributed by atoms with Gasteiger partial charge in [0.25, 0.3) is 0 Å². The number of nitrogens with one attached hydrogen (secondary N) is 1. The van der Waals surface area contributed by atoms with Crippen LogP contribution in [0.2, 0.25) is 0 Å². The third kappa shape index (κ3) is 4.06. The number of piperidine rings is 1. The minimum Gasteiger partial charge on any atom is -0.378 e. The maximum Gasteiger partial charge on any atom is 0.223 e. The number of ether oxygens (including phenoxy) is 1. The summed E-state index contributed by atoms with van der Waals surface area (Å²) in [4.78, 5) is 15.3. The van der Waals surface area contributed by atoms with Gasteiger partial charge in [0.15, 0.2) is 0 Å². The largest absolute Gasteiger partial charge is 0.378 e. The first kappa shape index (κ1) is 17.0. The molecule has 3 fully saturated rings.